The van der Waals surface area contributed by atoms with Crippen LogP contribution in [0.1, 0.15) is 10.4 Å². The van der Waals surface area contributed by atoms with E-state index >= 15 is 0 Å². The average Bonchev–Trinajstić information content (AvgIpc) is 3.12. The van der Waals surface area contributed by atoms with Crippen molar-refractivity contribution in [2.75, 3.05) is 7.11 Å². The van der Waals surface area contributed by atoms with Crippen LogP contribution in [0.3, 0.4) is 0 Å². The molecule has 140 valence electrons. The van der Waals surface area contributed by atoms with Crippen molar-refractivity contribution < 1.29 is 14.3 Å². The van der Waals surface area contributed by atoms with Crippen molar-refractivity contribution in [2.45, 2.75) is 0 Å². The van der Waals surface area contributed by atoms with Gasteiger partial charge >= 0.3 is 5.97 Å². The topological polar surface area (TPSA) is 48.4 Å². The Morgan fingerprint density at radius 2 is 1.82 bits per heavy atom. The van der Waals surface area contributed by atoms with E-state index in [-0.39, 0.29) is 10.6 Å². The summed E-state index contributed by atoms with van der Waals surface area (Å²) < 4.78 is 12.0. The molecule has 0 N–H and O–H groups in total. The van der Waals surface area contributed by atoms with Gasteiger partial charge in [0.1, 0.15) is 5.01 Å². The zero-order valence-corrected chi connectivity index (χ0v) is 16.9. The molecule has 1 aromatic heterocycles. The van der Waals surface area contributed by atoms with Crippen molar-refractivity contribution in [3.63, 3.8) is 0 Å². The van der Waals surface area contributed by atoms with E-state index in [1.165, 1.54) is 19.2 Å². The summed E-state index contributed by atoms with van der Waals surface area (Å²) >= 11 is 13.5. The van der Waals surface area contributed by atoms with Crippen molar-refractivity contribution in [2.24, 2.45) is 0 Å². The van der Waals surface area contributed by atoms with Gasteiger partial charge < -0.3 is 9.47 Å². The second-order valence-corrected chi connectivity index (χ2v) is 7.74. The standard InChI is InChI=1S/C21H13Cl2NO3S/c1-26-18-10-12(20-24-16-4-2-3-5-19(16)28-20)6-9-17(18)27-21(25)14-8-7-13(22)11-15(14)23/h2-11H,1H3. The maximum absolute atomic E-state index is 12.5. The first-order valence-corrected chi connectivity index (χ1v) is 9.83. The van der Waals surface area contributed by atoms with Crippen LogP contribution in [0.2, 0.25) is 10.0 Å². The van der Waals surface area contributed by atoms with Gasteiger partial charge in [-0.2, -0.15) is 0 Å². The van der Waals surface area contributed by atoms with Gasteiger partial charge in [-0.05, 0) is 48.5 Å². The molecule has 1 heterocycles. The Bertz CT molecular complexity index is 1160. The molecule has 3 aromatic carbocycles. The molecular formula is C21H13Cl2NO3S. The summed E-state index contributed by atoms with van der Waals surface area (Å²) in [5.74, 6) is 0.131. The third-order valence-electron chi connectivity index (χ3n) is 4.06. The lowest BCUT2D eigenvalue weighted by atomic mass is 10.2. The molecule has 4 rings (SSSR count). The number of thiazole rings is 1. The number of carbonyl (C=O) groups excluding carboxylic acids is 1. The van der Waals surface area contributed by atoms with Crippen LogP contribution in [0.15, 0.2) is 60.7 Å². The second kappa shape index (κ2) is 7.80. The first-order valence-electron chi connectivity index (χ1n) is 8.26. The smallest absolute Gasteiger partial charge is 0.345 e. The van der Waals surface area contributed by atoms with Crippen molar-refractivity contribution in [1.29, 1.82) is 0 Å². The zero-order chi connectivity index (χ0) is 19.7. The first-order chi connectivity index (χ1) is 13.5. The lowest BCUT2D eigenvalue weighted by molar-refractivity contribution is 0.0730. The summed E-state index contributed by atoms with van der Waals surface area (Å²) in [7, 11) is 1.52. The number of carbonyl (C=O) groups is 1. The van der Waals surface area contributed by atoms with Gasteiger partial charge in [-0.3, -0.25) is 0 Å². The molecule has 0 atom stereocenters. The van der Waals surface area contributed by atoms with Crippen LogP contribution in [0, 0.1) is 0 Å². The Kier molecular flexibility index (Phi) is 5.22. The van der Waals surface area contributed by atoms with Crippen LogP contribution >= 0.6 is 34.5 Å². The number of rotatable bonds is 4. The summed E-state index contributed by atoms with van der Waals surface area (Å²) in [6.07, 6.45) is 0. The number of para-hydroxylation sites is 1. The zero-order valence-electron chi connectivity index (χ0n) is 14.6. The molecule has 0 bridgehead atoms. The van der Waals surface area contributed by atoms with Crippen molar-refractivity contribution in [3.05, 3.63) is 76.3 Å². The molecule has 0 radical (unpaired) electrons. The number of fused-ring (bicyclic) bond motifs is 1. The molecule has 0 saturated carbocycles. The van der Waals surface area contributed by atoms with Gasteiger partial charge in [-0.25, -0.2) is 9.78 Å². The molecule has 0 aliphatic carbocycles. The number of halogens is 2. The van der Waals surface area contributed by atoms with Crippen LogP contribution < -0.4 is 9.47 Å². The summed E-state index contributed by atoms with van der Waals surface area (Å²) in [4.78, 5) is 17.1. The van der Waals surface area contributed by atoms with Crippen LogP contribution in [0.4, 0.5) is 0 Å². The van der Waals surface area contributed by atoms with Gasteiger partial charge in [-0.15, -0.1) is 11.3 Å². The third-order valence-corrected chi connectivity index (χ3v) is 5.69. The predicted molar refractivity (Wildman–Crippen MR) is 113 cm³/mol. The van der Waals surface area contributed by atoms with E-state index in [4.69, 9.17) is 32.7 Å². The fourth-order valence-electron chi connectivity index (χ4n) is 2.69. The molecule has 4 nitrogen and oxygen atoms in total. The molecule has 28 heavy (non-hydrogen) atoms. The van der Waals surface area contributed by atoms with Crippen molar-refractivity contribution in [3.8, 4) is 22.1 Å². The summed E-state index contributed by atoms with van der Waals surface area (Å²) in [6.45, 7) is 0. The number of hydrogen-bond acceptors (Lipinski definition) is 5. The maximum Gasteiger partial charge on any atom is 0.345 e. The predicted octanol–water partition coefficient (Wildman–Crippen LogP) is 6.50. The largest absolute Gasteiger partial charge is 0.493 e. The highest BCUT2D eigenvalue weighted by molar-refractivity contribution is 7.21. The minimum Gasteiger partial charge on any atom is -0.493 e. The number of ether oxygens (including phenoxy) is 2. The lowest BCUT2D eigenvalue weighted by Crippen LogP contribution is -2.10. The minimum absolute atomic E-state index is 0.225. The van der Waals surface area contributed by atoms with Gasteiger partial charge in [0.05, 0.1) is 27.9 Å². The Balaban J connectivity index is 1.64. The first kappa shape index (κ1) is 18.7. The summed E-state index contributed by atoms with van der Waals surface area (Å²) in [5.41, 5.74) is 2.04. The van der Waals surface area contributed by atoms with E-state index in [9.17, 15) is 4.79 Å². The highest BCUT2D eigenvalue weighted by atomic mass is 35.5. The van der Waals surface area contributed by atoms with E-state index in [2.05, 4.69) is 4.98 Å². The monoisotopic (exact) mass is 429 g/mol. The highest BCUT2D eigenvalue weighted by Crippen LogP contribution is 2.36. The average molecular weight is 430 g/mol. The van der Waals surface area contributed by atoms with Crippen molar-refractivity contribution in [1.82, 2.24) is 4.98 Å². The van der Waals surface area contributed by atoms with E-state index in [0.29, 0.717) is 16.5 Å². The van der Waals surface area contributed by atoms with Gasteiger partial charge in [0.25, 0.3) is 0 Å². The normalized spacial score (nSPS) is 10.8. The van der Waals surface area contributed by atoms with Crippen molar-refractivity contribution >= 4 is 50.7 Å². The molecule has 0 fully saturated rings. The van der Waals surface area contributed by atoms with Crippen LogP contribution in [-0.2, 0) is 0 Å². The van der Waals surface area contributed by atoms with E-state index in [1.54, 1.807) is 29.5 Å². The Morgan fingerprint density at radius 3 is 2.57 bits per heavy atom. The lowest BCUT2D eigenvalue weighted by Gasteiger charge is -2.11. The molecule has 0 saturated heterocycles. The Labute approximate surface area is 175 Å². The fourth-order valence-corrected chi connectivity index (χ4v) is 4.14. The molecule has 7 heteroatoms. The number of methoxy groups -OCH3 is 1. The molecule has 0 unspecified atom stereocenters. The van der Waals surface area contributed by atoms with E-state index < -0.39 is 5.97 Å². The van der Waals surface area contributed by atoms with Crippen LogP contribution in [0.5, 0.6) is 11.5 Å². The number of esters is 1. The van der Waals surface area contributed by atoms with Gasteiger partial charge in [-0.1, -0.05) is 35.3 Å². The fraction of sp³-hybridized carbons (Fsp3) is 0.0476. The Morgan fingerprint density at radius 1 is 1.00 bits per heavy atom. The number of aromatic nitrogens is 1. The third kappa shape index (κ3) is 3.69. The van der Waals surface area contributed by atoms with E-state index in [0.717, 1.165) is 20.8 Å². The molecular weight excluding hydrogens is 417 g/mol. The summed E-state index contributed by atoms with van der Waals surface area (Å²) in [5, 5.41) is 1.53. The van der Waals surface area contributed by atoms with Crippen LogP contribution in [0.25, 0.3) is 20.8 Å². The van der Waals surface area contributed by atoms with Crippen LogP contribution in [-0.4, -0.2) is 18.1 Å². The molecule has 0 aliphatic heterocycles. The summed E-state index contributed by atoms with van der Waals surface area (Å²) in [6, 6.07) is 17.8. The molecule has 0 aliphatic rings. The van der Waals surface area contributed by atoms with Gasteiger partial charge in [0.2, 0.25) is 0 Å². The Hall–Kier alpha value is -2.60. The van der Waals surface area contributed by atoms with E-state index in [1.807, 2.05) is 30.3 Å². The van der Waals surface area contributed by atoms with Gasteiger partial charge in [0.15, 0.2) is 11.5 Å². The molecule has 0 amide bonds. The maximum atomic E-state index is 12.5. The molecule has 0 spiro atoms. The second-order valence-electron chi connectivity index (χ2n) is 5.87. The quantitative estimate of drug-likeness (QED) is 0.274. The molecule has 4 aromatic rings. The minimum atomic E-state index is -0.590. The number of nitrogens with zero attached hydrogens (tertiary/aromatic N) is 1. The SMILES string of the molecule is COc1cc(-c2nc3ccccc3s2)ccc1OC(=O)c1ccc(Cl)cc1Cl. The number of benzene rings is 3. The van der Waals surface area contributed by atoms with Gasteiger partial charge in [0, 0.05) is 10.6 Å². The highest BCUT2D eigenvalue weighted by Gasteiger charge is 2.17. The number of hydrogen-bond donors (Lipinski definition) is 0.